The number of carbonyl (C=O) groups is 1. The van der Waals surface area contributed by atoms with E-state index in [1.165, 1.54) is 22.6 Å². The lowest BCUT2D eigenvalue weighted by Crippen LogP contribution is -2.58. The van der Waals surface area contributed by atoms with Crippen LogP contribution in [0.5, 0.6) is 0 Å². The molecule has 0 spiro atoms. The molecule has 2 aromatic heterocycles. The number of rotatable bonds is 5. The molecule has 33 heavy (non-hydrogen) atoms. The number of thiophene rings is 1. The van der Waals surface area contributed by atoms with Gasteiger partial charge in [-0.15, -0.1) is 11.3 Å². The van der Waals surface area contributed by atoms with Gasteiger partial charge in [0.1, 0.15) is 9.71 Å². The summed E-state index contributed by atoms with van der Waals surface area (Å²) in [5.41, 5.74) is 4.38. The van der Waals surface area contributed by atoms with E-state index in [1.807, 2.05) is 26.1 Å². The van der Waals surface area contributed by atoms with Crippen LogP contribution >= 0.6 is 11.3 Å². The number of nitrogens with one attached hydrogen (secondary N) is 3. The molecule has 6 rings (SSSR count). The number of benzene rings is 1. The monoisotopic (exact) mass is 463 g/mol. The smallest absolute Gasteiger partial charge is 0.263 e. The standard InChI is InChI=1S/C25H29N5O2S/c1-14-3-8-19-22(26-2)23(33-25(19)28-14)24(31)29-21-9-20(21)15-4-6-16(7-5-15)30-12-17-10-27-11-18(13-30)32-17/h3-8,17-18,20-21,26-27H,9-13H2,1-2H3,(H,29,31). The predicted octanol–water partition coefficient (Wildman–Crippen LogP) is 3.11. The summed E-state index contributed by atoms with van der Waals surface area (Å²) in [5.74, 6) is 0.363. The molecule has 1 amide bonds. The van der Waals surface area contributed by atoms with Crippen LogP contribution < -0.4 is 20.9 Å². The third kappa shape index (κ3) is 3.96. The number of aromatic nitrogens is 1. The van der Waals surface area contributed by atoms with E-state index in [9.17, 15) is 4.79 Å². The minimum absolute atomic E-state index is 0.0161. The Labute approximate surface area is 197 Å². The molecule has 1 aromatic carbocycles. The zero-order chi connectivity index (χ0) is 22.5. The van der Waals surface area contributed by atoms with Gasteiger partial charge >= 0.3 is 0 Å². The lowest BCUT2D eigenvalue weighted by atomic mass is 10.1. The first kappa shape index (κ1) is 20.9. The van der Waals surface area contributed by atoms with E-state index in [2.05, 4.69) is 50.1 Å². The molecule has 3 N–H and O–H groups in total. The summed E-state index contributed by atoms with van der Waals surface area (Å²) in [4.78, 5) is 21.7. The molecule has 3 fully saturated rings. The number of carbonyl (C=O) groups excluding carboxylic acids is 1. The van der Waals surface area contributed by atoms with Crippen molar-refractivity contribution in [2.75, 3.05) is 43.4 Å². The van der Waals surface area contributed by atoms with Crippen molar-refractivity contribution >= 4 is 38.8 Å². The molecule has 2 saturated heterocycles. The van der Waals surface area contributed by atoms with Gasteiger partial charge in [0.25, 0.3) is 5.91 Å². The molecule has 3 aliphatic rings. The predicted molar refractivity (Wildman–Crippen MR) is 133 cm³/mol. The summed E-state index contributed by atoms with van der Waals surface area (Å²) >= 11 is 1.46. The Kier molecular flexibility index (Phi) is 5.24. The topological polar surface area (TPSA) is 78.5 Å². The second kappa shape index (κ2) is 8.27. The second-order valence-corrected chi connectivity index (χ2v) is 10.3. The third-order valence-corrected chi connectivity index (χ3v) is 8.02. The van der Waals surface area contributed by atoms with Crippen LogP contribution in [-0.2, 0) is 4.74 Å². The highest BCUT2D eigenvalue weighted by Gasteiger charge is 2.40. The zero-order valence-corrected chi connectivity index (χ0v) is 19.7. The fraction of sp³-hybridized carbons (Fsp3) is 0.440. The third-order valence-electron chi connectivity index (χ3n) is 6.92. The van der Waals surface area contributed by atoms with Crippen molar-refractivity contribution in [2.45, 2.75) is 37.5 Å². The molecular weight excluding hydrogens is 434 g/mol. The minimum atomic E-state index is -0.0161. The van der Waals surface area contributed by atoms with Crippen molar-refractivity contribution in [3.8, 4) is 0 Å². The second-order valence-electron chi connectivity index (χ2n) is 9.32. The molecule has 2 bridgehead atoms. The number of hydrogen-bond donors (Lipinski definition) is 3. The molecule has 172 valence electrons. The van der Waals surface area contributed by atoms with Gasteiger partial charge in [-0.3, -0.25) is 4.79 Å². The van der Waals surface area contributed by atoms with E-state index in [0.717, 1.165) is 54.2 Å². The maximum Gasteiger partial charge on any atom is 0.263 e. The summed E-state index contributed by atoms with van der Waals surface area (Å²) in [7, 11) is 1.86. The number of fused-ring (bicyclic) bond motifs is 3. The highest BCUT2D eigenvalue weighted by molar-refractivity contribution is 7.21. The Morgan fingerprint density at radius 2 is 1.91 bits per heavy atom. The zero-order valence-electron chi connectivity index (χ0n) is 18.9. The molecule has 4 unspecified atom stereocenters. The molecule has 3 aromatic rings. The summed E-state index contributed by atoms with van der Waals surface area (Å²) in [6, 6.07) is 13.1. The quantitative estimate of drug-likeness (QED) is 0.540. The van der Waals surface area contributed by atoms with Crippen LogP contribution in [0.4, 0.5) is 11.4 Å². The van der Waals surface area contributed by atoms with Crippen molar-refractivity contribution in [3.63, 3.8) is 0 Å². The number of ether oxygens (including phenoxy) is 1. The average molecular weight is 464 g/mol. The van der Waals surface area contributed by atoms with Gasteiger partial charge in [-0.1, -0.05) is 12.1 Å². The van der Waals surface area contributed by atoms with Crippen LogP contribution in [0.3, 0.4) is 0 Å². The van der Waals surface area contributed by atoms with Gasteiger partial charge in [-0.2, -0.15) is 0 Å². The van der Waals surface area contributed by atoms with E-state index < -0.39 is 0 Å². The minimum Gasteiger partial charge on any atom is -0.386 e. The normalized spacial score (nSPS) is 26.3. The summed E-state index contributed by atoms with van der Waals surface area (Å²) in [6.45, 7) is 5.70. The number of morpholine rings is 2. The van der Waals surface area contributed by atoms with E-state index >= 15 is 0 Å². The number of amides is 1. The summed E-state index contributed by atoms with van der Waals surface area (Å²) in [6.07, 6.45) is 1.53. The van der Waals surface area contributed by atoms with Gasteiger partial charge in [0, 0.05) is 62.0 Å². The van der Waals surface area contributed by atoms with Gasteiger partial charge in [-0.05, 0) is 43.2 Å². The molecule has 8 heteroatoms. The largest absolute Gasteiger partial charge is 0.386 e. The van der Waals surface area contributed by atoms with E-state index in [0.29, 0.717) is 10.8 Å². The van der Waals surface area contributed by atoms with Crippen molar-refractivity contribution in [1.29, 1.82) is 0 Å². The van der Waals surface area contributed by atoms with E-state index in [-0.39, 0.29) is 24.2 Å². The number of nitrogens with zero attached hydrogens (tertiary/aromatic N) is 2. The lowest BCUT2D eigenvalue weighted by Gasteiger charge is -2.42. The first-order valence-electron chi connectivity index (χ1n) is 11.7. The van der Waals surface area contributed by atoms with Gasteiger partial charge in [0.05, 0.1) is 17.9 Å². The molecular formula is C25H29N5O2S. The van der Waals surface area contributed by atoms with Crippen LogP contribution in [0.2, 0.25) is 0 Å². The summed E-state index contributed by atoms with van der Waals surface area (Å²) in [5, 5.41) is 10.9. The highest BCUT2D eigenvalue weighted by Crippen LogP contribution is 2.42. The SMILES string of the molecule is CNc1c(C(=O)NC2CC2c2ccc(N3CC4CNCC(C3)O4)cc2)sc2nc(C)ccc12. The first-order valence-corrected chi connectivity index (χ1v) is 12.5. The molecule has 4 heterocycles. The van der Waals surface area contributed by atoms with Gasteiger partial charge in [0.15, 0.2) is 0 Å². The number of aryl methyl sites for hydroxylation is 1. The average Bonchev–Trinajstić information content (AvgIpc) is 3.48. The maximum atomic E-state index is 13.1. The van der Waals surface area contributed by atoms with Crippen molar-refractivity contribution in [1.82, 2.24) is 15.6 Å². The lowest BCUT2D eigenvalue weighted by molar-refractivity contribution is -0.0483. The Hall–Kier alpha value is -2.68. The van der Waals surface area contributed by atoms with Crippen LogP contribution in [0.25, 0.3) is 10.2 Å². The van der Waals surface area contributed by atoms with Gasteiger partial charge < -0.3 is 25.6 Å². The van der Waals surface area contributed by atoms with Crippen molar-refractivity contribution in [2.24, 2.45) is 0 Å². The fourth-order valence-corrected chi connectivity index (χ4v) is 6.26. The Morgan fingerprint density at radius 3 is 2.64 bits per heavy atom. The van der Waals surface area contributed by atoms with Crippen LogP contribution in [-0.4, -0.2) is 62.4 Å². The number of hydrogen-bond acceptors (Lipinski definition) is 7. The Balaban J connectivity index is 1.12. The van der Waals surface area contributed by atoms with Crippen LogP contribution in [0, 0.1) is 6.92 Å². The Morgan fingerprint density at radius 1 is 1.15 bits per heavy atom. The van der Waals surface area contributed by atoms with Crippen LogP contribution in [0.1, 0.15) is 33.3 Å². The fourth-order valence-electron chi connectivity index (χ4n) is 5.13. The molecule has 1 aliphatic carbocycles. The summed E-state index contributed by atoms with van der Waals surface area (Å²) < 4.78 is 6.02. The molecule has 2 aliphatic heterocycles. The maximum absolute atomic E-state index is 13.1. The van der Waals surface area contributed by atoms with Crippen molar-refractivity contribution in [3.05, 3.63) is 52.5 Å². The molecule has 1 saturated carbocycles. The van der Waals surface area contributed by atoms with Crippen molar-refractivity contribution < 1.29 is 9.53 Å². The number of pyridine rings is 1. The Bertz CT molecular complexity index is 1180. The molecule has 7 nitrogen and oxygen atoms in total. The highest BCUT2D eigenvalue weighted by atomic mass is 32.1. The van der Waals surface area contributed by atoms with E-state index in [4.69, 9.17) is 4.74 Å². The number of anilines is 2. The van der Waals surface area contributed by atoms with Gasteiger partial charge in [0.2, 0.25) is 0 Å². The molecule has 4 atom stereocenters. The van der Waals surface area contributed by atoms with E-state index in [1.54, 1.807) is 0 Å². The van der Waals surface area contributed by atoms with Crippen LogP contribution in [0.15, 0.2) is 36.4 Å². The van der Waals surface area contributed by atoms with Gasteiger partial charge in [-0.25, -0.2) is 4.98 Å². The first-order chi connectivity index (χ1) is 16.1. The molecule has 0 radical (unpaired) electrons.